The van der Waals surface area contributed by atoms with E-state index in [1.54, 1.807) is 0 Å². The molecule has 2 nitrogen and oxygen atoms in total. The summed E-state index contributed by atoms with van der Waals surface area (Å²) >= 11 is 0. The molecule has 0 aliphatic heterocycles. The van der Waals surface area contributed by atoms with Crippen molar-refractivity contribution in [1.29, 1.82) is 0 Å². The van der Waals surface area contributed by atoms with Crippen LogP contribution in [-0.2, 0) is 11.2 Å². The Bertz CT molecular complexity index is 433. The maximum atomic E-state index is 10.9. The minimum Gasteiger partial charge on any atom is -0.481 e. The zero-order valence-corrected chi connectivity index (χ0v) is 12.6. The van der Waals surface area contributed by atoms with E-state index in [1.807, 2.05) is 0 Å². The van der Waals surface area contributed by atoms with Gasteiger partial charge in [-0.1, -0.05) is 44.5 Å². The van der Waals surface area contributed by atoms with Gasteiger partial charge in [0.2, 0.25) is 0 Å². The standard InChI is InChI=1S/C18H26O2/c1-13(2)10-14-6-8-16(9-7-14)17-5-3-4-15(11-17)12-18(19)20/h6-9,13,15,17H,3-5,10-12H2,1-2H3,(H,19,20)/t15-,17-/m0/s1. The molecular formula is C18H26O2. The molecule has 110 valence electrons. The molecule has 1 saturated carbocycles. The molecule has 0 bridgehead atoms. The Labute approximate surface area is 122 Å². The molecule has 0 heterocycles. The highest BCUT2D eigenvalue weighted by atomic mass is 16.4. The Hall–Kier alpha value is -1.31. The SMILES string of the molecule is CC(C)Cc1ccc([C@H]2CCC[C@H](CC(=O)O)C2)cc1. The van der Waals surface area contributed by atoms with E-state index in [-0.39, 0.29) is 0 Å². The number of benzene rings is 1. The van der Waals surface area contributed by atoms with Crippen LogP contribution in [0.4, 0.5) is 0 Å². The van der Waals surface area contributed by atoms with E-state index in [4.69, 9.17) is 5.11 Å². The lowest BCUT2D eigenvalue weighted by atomic mass is 9.76. The van der Waals surface area contributed by atoms with Crippen molar-refractivity contribution in [3.05, 3.63) is 35.4 Å². The summed E-state index contributed by atoms with van der Waals surface area (Å²) in [5.74, 6) is 0.959. The van der Waals surface area contributed by atoms with Gasteiger partial charge in [0, 0.05) is 6.42 Å². The maximum absolute atomic E-state index is 10.9. The molecule has 1 N–H and O–H groups in total. The van der Waals surface area contributed by atoms with Gasteiger partial charge in [-0.05, 0) is 54.6 Å². The third-order valence-corrected chi connectivity index (χ3v) is 4.34. The first-order valence-corrected chi connectivity index (χ1v) is 7.85. The molecule has 1 aliphatic carbocycles. The van der Waals surface area contributed by atoms with Crippen LogP contribution in [0.1, 0.15) is 63.0 Å². The molecule has 1 fully saturated rings. The normalized spacial score (nSPS) is 22.9. The van der Waals surface area contributed by atoms with Gasteiger partial charge in [-0.25, -0.2) is 0 Å². The van der Waals surface area contributed by atoms with Crippen LogP contribution < -0.4 is 0 Å². The summed E-state index contributed by atoms with van der Waals surface area (Å²) in [6.45, 7) is 4.48. The lowest BCUT2D eigenvalue weighted by Gasteiger charge is -2.28. The van der Waals surface area contributed by atoms with Crippen LogP contribution in [0.15, 0.2) is 24.3 Å². The van der Waals surface area contributed by atoms with Crippen molar-refractivity contribution in [3.63, 3.8) is 0 Å². The molecule has 0 radical (unpaired) electrons. The average molecular weight is 274 g/mol. The van der Waals surface area contributed by atoms with Crippen molar-refractivity contribution in [2.75, 3.05) is 0 Å². The highest BCUT2D eigenvalue weighted by Crippen LogP contribution is 2.37. The van der Waals surface area contributed by atoms with Crippen molar-refractivity contribution in [2.45, 2.75) is 58.3 Å². The van der Waals surface area contributed by atoms with Crippen LogP contribution in [0.2, 0.25) is 0 Å². The van der Waals surface area contributed by atoms with Gasteiger partial charge in [-0.3, -0.25) is 4.79 Å². The molecule has 0 unspecified atom stereocenters. The fraction of sp³-hybridized carbons (Fsp3) is 0.611. The fourth-order valence-corrected chi connectivity index (χ4v) is 3.42. The number of rotatable bonds is 5. The van der Waals surface area contributed by atoms with Crippen LogP contribution in [0.25, 0.3) is 0 Å². The topological polar surface area (TPSA) is 37.3 Å². The van der Waals surface area contributed by atoms with E-state index < -0.39 is 5.97 Å². The second kappa shape index (κ2) is 6.92. The summed E-state index contributed by atoms with van der Waals surface area (Å²) in [7, 11) is 0. The summed E-state index contributed by atoms with van der Waals surface area (Å²) in [6.07, 6.45) is 5.95. The average Bonchev–Trinajstić information content (AvgIpc) is 2.38. The highest BCUT2D eigenvalue weighted by molar-refractivity contribution is 5.67. The van der Waals surface area contributed by atoms with Crippen molar-refractivity contribution in [2.24, 2.45) is 11.8 Å². The second-order valence-electron chi connectivity index (χ2n) is 6.67. The molecule has 20 heavy (non-hydrogen) atoms. The van der Waals surface area contributed by atoms with Gasteiger partial charge in [0.15, 0.2) is 0 Å². The van der Waals surface area contributed by atoms with Crippen molar-refractivity contribution >= 4 is 5.97 Å². The Morgan fingerprint density at radius 3 is 2.55 bits per heavy atom. The van der Waals surface area contributed by atoms with Crippen molar-refractivity contribution < 1.29 is 9.90 Å². The zero-order valence-electron chi connectivity index (χ0n) is 12.6. The molecular weight excluding hydrogens is 248 g/mol. The van der Waals surface area contributed by atoms with Gasteiger partial charge in [-0.2, -0.15) is 0 Å². The van der Waals surface area contributed by atoms with Gasteiger partial charge >= 0.3 is 5.97 Å². The Morgan fingerprint density at radius 2 is 1.95 bits per heavy atom. The third-order valence-electron chi connectivity index (χ3n) is 4.34. The number of carbonyl (C=O) groups is 1. The number of aliphatic carboxylic acids is 1. The number of carboxylic acid groups (broad SMARTS) is 1. The predicted octanol–water partition coefficient (Wildman–Crippen LogP) is 4.63. The first-order valence-electron chi connectivity index (χ1n) is 7.85. The summed E-state index contributed by atoms with van der Waals surface area (Å²) in [6, 6.07) is 9.00. The number of hydrogen-bond donors (Lipinski definition) is 1. The first kappa shape index (κ1) is 15.1. The molecule has 1 aliphatic rings. The molecule has 0 aromatic heterocycles. The van der Waals surface area contributed by atoms with Gasteiger partial charge in [0.1, 0.15) is 0 Å². The largest absolute Gasteiger partial charge is 0.481 e. The van der Waals surface area contributed by atoms with E-state index in [1.165, 1.54) is 17.5 Å². The summed E-state index contributed by atoms with van der Waals surface area (Å²) in [5.41, 5.74) is 2.80. The summed E-state index contributed by atoms with van der Waals surface area (Å²) in [5, 5.41) is 8.94. The molecule has 1 aromatic rings. The van der Waals surface area contributed by atoms with E-state index in [0.29, 0.717) is 24.2 Å². The lowest BCUT2D eigenvalue weighted by molar-refractivity contribution is -0.138. The minimum absolute atomic E-state index is 0.335. The molecule has 2 heteroatoms. The number of hydrogen-bond acceptors (Lipinski definition) is 1. The van der Waals surface area contributed by atoms with Gasteiger partial charge in [-0.15, -0.1) is 0 Å². The zero-order chi connectivity index (χ0) is 14.5. The molecule has 0 spiro atoms. The Balaban J connectivity index is 1.98. The quantitative estimate of drug-likeness (QED) is 0.849. The summed E-state index contributed by atoms with van der Waals surface area (Å²) in [4.78, 5) is 10.9. The molecule has 1 aromatic carbocycles. The van der Waals surface area contributed by atoms with Crippen LogP contribution in [0, 0.1) is 11.8 Å². The Kier molecular flexibility index (Phi) is 5.22. The van der Waals surface area contributed by atoms with E-state index in [2.05, 4.69) is 38.1 Å². The molecule has 0 amide bonds. The first-order chi connectivity index (χ1) is 9.54. The highest BCUT2D eigenvalue weighted by Gasteiger charge is 2.24. The van der Waals surface area contributed by atoms with Crippen LogP contribution in [0.3, 0.4) is 0 Å². The van der Waals surface area contributed by atoms with Crippen molar-refractivity contribution in [1.82, 2.24) is 0 Å². The van der Waals surface area contributed by atoms with Crippen LogP contribution in [0.5, 0.6) is 0 Å². The minimum atomic E-state index is -0.650. The molecule has 0 saturated heterocycles. The van der Waals surface area contributed by atoms with E-state index in [9.17, 15) is 4.79 Å². The maximum Gasteiger partial charge on any atom is 0.303 e. The monoisotopic (exact) mass is 274 g/mol. The van der Waals surface area contributed by atoms with Gasteiger partial charge < -0.3 is 5.11 Å². The third kappa shape index (κ3) is 4.36. The predicted molar refractivity (Wildman–Crippen MR) is 81.9 cm³/mol. The smallest absolute Gasteiger partial charge is 0.303 e. The summed E-state index contributed by atoms with van der Waals surface area (Å²) < 4.78 is 0. The van der Waals surface area contributed by atoms with Gasteiger partial charge in [0.25, 0.3) is 0 Å². The van der Waals surface area contributed by atoms with Crippen molar-refractivity contribution in [3.8, 4) is 0 Å². The van der Waals surface area contributed by atoms with E-state index in [0.717, 1.165) is 25.7 Å². The number of carboxylic acids is 1. The Morgan fingerprint density at radius 1 is 1.25 bits per heavy atom. The van der Waals surface area contributed by atoms with Crippen LogP contribution >= 0.6 is 0 Å². The van der Waals surface area contributed by atoms with Crippen LogP contribution in [-0.4, -0.2) is 11.1 Å². The molecule has 2 rings (SSSR count). The fourth-order valence-electron chi connectivity index (χ4n) is 3.42. The lowest BCUT2D eigenvalue weighted by Crippen LogP contribution is -2.17. The molecule has 2 atom stereocenters. The van der Waals surface area contributed by atoms with E-state index >= 15 is 0 Å². The van der Waals surface area contributed by atoms with Gasteiger partial charge in [0.05, 0.1) is 0 Å². The second-order valence-corrected chi connectivity index (χ2v) is 6.67.